The van der Waals surface area contributed by atoms with Gasteiger partial charge in [-0.2, -0.15) is 48.3 Å². The number of ether oxygens (including phenoxy) is 1. The van der Waals surface area contributed by atoms with Gasteiger partial charge in [-0.05, 0) is 31.1 Å². The molecule has 0 spiro atoms. The Balaban J connectivity index is 3.14. The fraction of sp³-hybridized carbons (Fsp3) is 0.929. The van der Waals surface area contributed by atoms with E-state index >= 15 is 0 Å². The van der Waals surface area contributed by atoms with Gasteiger partial charge in [0.05, 0.1) is 0 Å². The van der Waals surface area contributed by atoms with E-state index < -0.39 is 42.2 Å². The van der Waals surface area contributed by atoms with Gasteiger partial charge in [0.1, 0.15) is 0 Å². The van der Waals surface area contributed by atoms with Gasteiger partial charge in [-0.3, -0.25) is 9.53 Å². The minimum absolute atomic E-state index is 0.00987. The molecule has 0 unspecified atom stereocenters. The Morgan fingerprint density at radius 2 is 1.32 bits per heavy atom. The lowest BCUT2D eigenvalue weighted by atomic mass is 9.79. The number of rotatable bonds is 5. The highest BCUT2D eigenvalue weighted by atomic mass is 19.4. The van der Waals surface area contributed by atoms with Crippen LogP contribution in [0.3, 0.4) is 0 Å². The summed E-state index contributed by atoms with van der Waals surface area (Å²) in [7, 11) is 0. The molecule has 1 aliphatic carbocycles. The lowest BCUT2D eigenvalue weighted by Gasteiger charge is -2.36. The monoisotopic (exact) mass is 439 g/mol. The zero-order valence-electron chi connectivity index (χ0n) is 14.3. The number of amides is 1. The molecule has 0 heterocycles. The number of hydrogen-bond donors (Lipinski definition) is 1. The third-order valence-electron chi connectivity index (χ3n) is 4.58. The van der Waals surface area contributed by atoms with E-state index in [2.05, 4.69) is 4.74 Å². The maximum atomic E-state index is 14.1. The molecule has 1 N–H and O–H groups in total. The van der Waals surface area contributed by atoms with Crippen molar-refractivity contribution in [3.63, 3.8) is 0 Å². The molecule has 0 aromatic carbocycles. The molecule has 1 amide bonds. The summed E-state index contributed by atoms with van der Waals surface area (Å²) in [5.74, 6) is -16.4. The van der Waals surface area contributed by atoms with Gasteiger partial charge >= 0.3 is 30.2 Å². The van der Waals surface area contributed by atoms with Crippen LogP contribution in [-0.4, -0.2) is 42.2 Å². The predicted octanol–water partition coefficient (Wildman–Crippen LogP) is 4.96. The number of nitrogens with one attached hydrogen (secondary N) is 1. The highest BCUT2D eigenvalue weighted by Crippen LogP contribution is 2.51. The van der Waals surface area contributed by atoms with E-state index in [4.69, 9.17) is 0 Å². The Morgan fingerprint density at radius 1 is 0.821 bits per heavy atom. The van der Waals surface area contributed by atoms with Crippen LogP contribution in [0.1, 0.15) is 33.1 Å². The lowest BCUT2D eigenvalue weighted by molar-refractivity contribution is -0.473. The zero-order valence-corrected chi connectivity index (χ0v) is 14.3. The molecule has 4 atom stereocenters. The molecule has 1 rings (SSSR count). The molecule has 28 heavy (non-hydrogen) atoms. The molecule has 0 bridgehead atoms. The van der Waals surface area contributed by atoms with Crippen molar-refractivity contribution in [3.8, 4) is 0 Å². The van der Waals surface area contributed by atoms with E-state index in [9.17, 15) is 53.1 Å². The minimum Gasteiger partial charge on any atom is -0.348 e. The molecule has 0 radical (unpaired) electrons. The maximum Gasteiger partial charge on any atom is 0.462 e. The molecule has 0 aromatic rings. The number of hydrogen-bond acceptors (Lipinski definition) is 2. The van der Waals surface area contributed by atoms with Crippen LogP contribution in [0.5, 0.6) is 0 Å². The first-order valence-corrected chi connectivity index (χ1v) is 7.85. The number of halogens is 11. The van der Waals surface area contributed by atoms with Gasteiger partial charge in [-0.1, -0.05) is 13.8 Å². The maximum absolute atomic E-state index is 14.1. The van der Waals surface area contributed by atoms with E-state index in [1.807, 2.05) is 0 Å². The molecule has 1 saturated carbocycles. The van der Waals surface area contributed by atoms with Gasteiger partial charge in [0, 0.05) is 6.04 Å². The summed E-state index contributed by atoms with van der Waals surface area (Å²) in [6.45, 7) is 3.42. The summed E-state index contributed by atoms with van der Waals surface area (Å²) < 4.78 is 143. The molecule has 1 aliphatic rings. The third kappa shape index (κ3) is 4.62. The number of carbonyl (C=O) groups excluding carboxylic acids is 1. The summed E-state index contributed by atoms with van der Waals surface area (Å²) in [6, 6.07) is -1.14. The second kappa shape index (κ2) is 7.48. The minimum atomic E-state index is -7.20. The first-order valence-electron chi connectivity index (χ1n) is 7.85. The average Bonchev–Trinajstić information content (AvgIpc) is 2.48. The second-order valence-electron chi connectivity index (χ2n) is 6.72. The van der Waals surface area contributed by atoms with Crippen molar-refractivity contribution in [2.45, 2.75) is 69.4 Å². The van der Waals surface area contributed by atoms with Crippen LogP contribution in [0.2, 0.25) is 0 Å². The number of alkyl halides is 11. The molecule has 0 aromatic heterocycles. The van der Waals surface area contributed by atoms with Crippen molar-refractivity contribution in [1.29, 1.82) is 0 Å². The summed E-state index contributed by atoms with van der Waals surface area (Å²) in [5.41, 5.74) is 0. The molecule has 0 saturated heterocycles. The summed E-state index contributed by atoms with van der Waals surface area (Å²) >= 11 is 0. The Bertz CT molecular complexity index is 575. The standard InChI is InChI=1S/C14H16F11NO2/c1-6-3-4-8(5-7(6)2)26-9(27)10(15,12(18,19)20)28-14(24,25)11(16,17)13(21,22)23/h6-8H,3-5H2,1-2H3,(H,26,27)/t6-,7+,8+,10+/m1/s1. The Labute approximate surface area is 151 Å². The van der Waals surface area contributed by atoms with E-state index in [-0.39, 0.29) is 24.7 Å². The fourth-order valence-electron chi connectivity index (χ4n) is 2.60. The first kappa shape index (κ1) is 24.7. The first-order chi connectivity index (χ1) is 12.3. The Morgan fingerprint density at radius 3 is 1.71 bits per heavy atom. The van der Waals surface area contributed by atoms with Crippen molar-refractivity contribution >= 4 is 5.91 Å². The molecular weight excluding hydrogens is 423 g/mol. The van der Waals surface area contributed by atoms with Crippen LogP contribution >= 0.6 is 0 Å². The van der Waals surface area contributed by atoms with Crippen LogP contribution in [0.15, 0.2) is 0 Å². The van der Waals surface area contributed by atoms with Gasteiger partial charge in [0.15, 0.2) is 0 Å². The van der Waals surface area contributed by atoms with E-state index in [1.54, 1.807) is 13.8 Å². The average molecular weight is 439 g/mol. The van der Waals surface area contributed by atoms with Crippen molar-refractivity contribution in [3.05, 3.63) is 0 Å². The van der Waals surface area contributed by atoms with Gasteiger partial charge in [-0.15, -0.1) is 0 Å². The normalized spacial score (nSPS) is 27.2. The molecule has 3 nitrogen and oxygen atoms in total. The predicted molar refractivity (Wildman–Crippen MR) is 71.0 cm³/mol. The number of carbonyl (C=O) groups is 1. The van der Waals surface area contributed by atoms with Crippen molar-refractivity contribution in [1.82, 2.24) is 5.32 Å². The van der Waals surface area contributed by atoms with Gasteiger partial charge in [0.25, 0.3) is 5.91 Å². The highest BCUT2D eigenvalue weighted by molar-refractivity contribution is 5.84. The summed E-state index contributed by atoms with van der Waals surface area (Å²) in [6.07, 6.45) is -20.4. The fourth-order valence-corrected chi connectivity index (χ4v) is 2.60. The van der Waals surface area contributed by atoms with Gasteiger partial charge < -0.3 is 5.32 Å². The van der Waals surface area contributed by atoms with Crippen LogP contribution in [0, 0.1) is 11.8 Å². The van der Waals surface area contributed by atoms with Crippen LogP contribution in [0.25, 0.3) is 0 Å². The molecular formula is C14H16F11NO2. The molecule has 14 heteroatoms. The SMILES string of the molecule is C[C@@H]1CC[C@H](NC(=O)[C@](F)(OC(F)(F)C(F)(F)C(F)(F)F)C(F)(F)F)C[C@@H]1C. The van der Waals surface area contributed by atoms with Crippen LogP contribution in [0.4, 0.5) is 48.3 Å². The third-order valence-corrected chi connectivity index (χ3v) is 4.58. The quantitative estimate of drug-likeness (QED) is 0.615. The van der Waals surface area contributed by atoms with Crippen LogP contribution < -0.4 is 5.32 Å². The second-order valence-corrected chi connectivity index (χ2v) is 6.72. The largest absolute Gasteiger partial charge is 0.462 e. The zero-order chi connectivity index (χ0) is 22.3. The molecule has 1 fully saturated rings. The van der Waals surface area contributed by atoms with E-state index in [0.29, 0.717) is 6.42 Å². The smallest absolute Gasteiger partial charge is 0.348 e. The Hall–Kier alpha value is -1.34. The van der Waals surface area contributed by atoms with Crippen molar-refractivity contribution in [2.24, 2.45) is 11.8 Å². The summed E-state index contributed by atoms with van der Waals surface area (Å²) in [4.78, 5) is 11.6. The van der Waals surface area contributed by atoms with Crippen LogP contribution in [-0.2, 0) is 9.53 Å². The molecule has 0 aliphatic heterocycles. The van der Waals surface area contributed by atoms with E-state index in [1.165, 1.54) is 5.32 Å². The van der Waals surface area contributed by atoms with E-state index in [0.717, 1.165) is 0 Å². The lowest BCUT2D eigenvalue weighted by Crippen LogP contribution is -2.64. The van der Waals surface area contributed by atoms with Gasteiger partial charge in [0.2, 0.25) is 0 Å². The van der Waals surface area contributed by atoms with Gasteiger partial charge in [-0.25, -0.2) is 0 Å². The van der Waals surface area contributed by atoms with Crippen molar-refractivity contribution < 1.29 is 57.8 Å². The highest BCUT2D eigenvalue weighted by Gasteiger charge is 2.79. The molecule has 166 valence electrons. The Kier molecular flexibility index (Phi) is 6.60. The summed E-state index contributed by atoms with van der Waals surface area (Å²) in [5, 5.41) is 1.41. The topological polar surface area (TPSA) is 38.3 Å². The van der Waals surface area contributed by atoms with Crippen molar-refractivity contribution in [2.75, 3.05) is 0 Å².